The van der Waals surface area contributed by atoms with Crippen LogP contribution in [0, 0.1) is 0 Å². The van der Waals surface area contributed by atoms with Gasteiger partial charge in [0.05, 0.1) is 10.8 Å². The molecule has 1 heterocycles. The average molecular weight is 258 g/mol. The Morgan fingerprint density at radius 3 is 2.69 bits per heavy atom. The number of aromatic nitrogens is 1. The fourth-order valence-electron chi connectivity index (χ4n) is 1.88. The fraction of sp³-hybridized carbons (Fsp3) is 0.273. The van der Waals surface area contributed by atoms with Crippen LogP contribution in [0.1, 0.15) is 5.56 Å². The van der Waals surface area contributed by atoms with Gasteiger partial charge in [0.1, 0.15) is 0 Å². The molecule has 0 bridgehead atoms. The minimum absolute atomic E-state index is 0.0219. The first-order valence-electron chi connectivity index (χ1n) is 4.78. The second-order valence-electron chi connectivity index (χ2n) is 3.97. The summed E-state index contributed by atoms with van der Waals surface area (Å²) < 4.78 is 24.5. The van der Waals surface area contributed by atoms with Crippen molar-refractivity contribution in [1.82, 2.24) is 4.57 Å². The molecular formula is C11H12ClNO2S. The Balaban J connectivity index is 2.71. The molecule has 0 aliphatic heterocycles. The molecule has 0 saturated heterocycles. The molecule has 0 amide bonds. The van der Waals surface area contributed by atoms with Crippen molar-refractivity contribution in [2.45, 2.75) is 5.75 Å². The highest BCUT2D eigenvalue weighted by Crippen LogP contribution is 2.29. The van der Waals surface area contributed by atoms with Gasteiger partial charge in [-0.1, -0.05) is 17.7 Å². The van der Waals surface area contributed by atoms with E-state index in [1.54, 1.807) is 6.07 Å². The third-order valence-electron chi connectivity index (χ3n) is 2.46. The molecule has 0 unspecified atom stereocenters. The van der Waals surface area contributed by atoms with Gasteiger partial charge >= 0.3 is 0 Å². The Bertz CT molecular complexity index is 643. The van der Waals surface area contributed by atoms with E-state index in [1.807, 2.05) is 29.9 Å². The number of benzene rings is 1. The number of sulfone groups is 1. The van der Waals surface area contributed by atoms with E-state index in [4.69, 9.17) is 11.6 Å². The predicted molar refractivity (Wildman–Crippen MR) is 66.5 cm³/mol. The minimum atomic E-state index is -3.04. The zero-order valence-electron chi connectivity index (χ0n) is 9.07. The van der Waals surface area contributed by atoms with Gasteiger partial charge in [-0.3, -0.25) is 0 Å². The first-order chi connectivity index (χ1) is 7.38. The molecule has 0 N–H and O–H groups in total. The van der Waals surface area contributed by atoms with Crippen molar-refractivity contribution in [3.63, 3.8) is 0 Å². The molecule has 0 aliphatic carbocycles. The molecule has 0 spiro atoms. The van der Waals surface area contributed by atoms with Crippen molar-refractivity contribution in [3.8, 4) is 0 Å². The maximum absolute atomic E-state index is 11.3. The van der Waals surface area contributed by atoms with Crippen molar-refractivity contribution >= 4 is 32.3 Å². The van der Waals surface area contributed by atoms with Crippen molar-refractivity contribution < 1.29 is 8.42 Å². The van der Waals surface area contributed by atoms with Gasteiger partial charge < -0.3 is 4.57 Å². The second kappa shape index (κ2) is 3.79. The highest BCUT2D eigenvalue weighted by Gasteiger charge is 2.13. The Kier molecular flexibility index (Phi) is 2.72. The van der Waals surface area contributed by atoms with E-state index in [0.29, 0.717) is 5.02 Å². The summed E-state index contributed by atoms with van der Waals surface area (Å²) in [5, 5.41) is 1.42. The highest BCUT2D eigenvalue weighted by molar-refractivity contribution is 7.89. The predicted octanol–water partition coefficient (Wildman–Crippen LogP) is 2.38. The molecule has 86 valence electrons. The summed E-state index contributed by atoms with van der Waals surface area (Å²) in [5.74, 6) is 0.0219. The van der Waals surface area contributed by atoms with E-state index in [0.717, 1.165) is 16.5 Å². The third kappa shape index (κ3) is 2.08. The van der Waals surface area contributed by atoms with Crippen LogP contribution >= 0.6 is 11.6 Å². The van der Waals surface area contributed by atoms with Gasteiger partial charge in [0.25, 0.3) is 0 Å². The lowest BCUT2D eigenvalue weighted by Gasteiger charge is -1.99. The van der Waals surface area contributed by atoms with Gasteiger partial charge in [-0.05, 0) is 17.7 Å². The lowest BCUT2D eigenvalue weighted by molar-refractivity contribution is 0.601. The van der Waals surface area contributed by atoms with E-state index < -0.39 is 9.84 Å². The van der Waals surface area contributed by atoms with Gasteiger partial charge in [0, 0.05) is 30.4 Å². The molecular weight excluding hydrogens is 246 g/mol. The number of fused-ring (bicyclic) bond motifs is 1. The normalized spacial score (nSPS) is 12.2. The molecule has 1 aromatic heterocycles. The lowest BCUT2D eigenvalue weighted by atomic mass is 10.2. The van der Waals surface area contributed by atoms with E-state index in [2.05, 4.69) is 0 Å². The molecule has 1 aromatic carbocycles. The first-order valence-corrected chi connectivity index (χ1v) is 7.22. The number of halogens is 1. The summed E-state index contributed by atoms with van der Waals surface area (Å²) in [6.45, 7) is 0. The number of aryl methyl sites for hydroxylation is 1. The van der Waals surface area contributed by atoms with Crippen molar-refractivity contribution in [1.29, 1.82) is 0 Å². The number of hydrogen-bond acceptors (Lipinski definition) is 2. The van der Waals surface area contributed by atoms with Gasteiger partial charge in [0.2, 0.25) is 0 Å². The van der Waals surface area contributed by atoms with E-state index >= 15 is 0 Å². The Labute approximate surface area is 99.6 Å². The molecule has 5 heteroatoms. The zero-order valence-corrected chi connectivity index (χ0v) is 10.6. The SMILES string of the molecule is Cn1cc(CS(C)(=O)=O)c2c(Cl)cccc21. The van der Waals surface area contributed by atoms with E-state index in [9.17, 15) is 8.42 Å². The number of nitrogens with zero attached hydrogens (tertiary/aromatic N) is 1. The van der Waals surface area contributed by atoms with Crippen LogP contribution in [0.2, 0.25) is 5.02 Å². The van der Waals surface area contributed by atoms with Crippen LogP contribution in [0.4, 0.5) is 0 Å². The summed E-state index contributed by atoms with van der Waals surface area (Å²) in [6, 6.07) is 5.55. The van der Waals surface area contributed by atoms with Crippen molar-refractivity contribution in [2.24, 2.45) is 7.05 Å². The monoisotopic (exact) mass is 257 g/mol. The summed E-state index contributed by atoms with van der Waals surface area (Å²) in [4.78, 5) is 0. The molecule has 0 radical (unpaired) electrons. The second-order valence-corrected chi connectivity index (χ2v) is 6.52. The van der Waals surface area contributed by atoms with Crippen LogP contribution in [0.3, 0.4) is 0 Å². The van der Waals surface area contributed by atoms with Crippen LogP contribution in [-0.4, -0.2) is 19.2 Å². The highest BCUT2D eigenvalue weighted by atomic mass is 35.5. The molecule has 0 aliphatic rings. The van der Waals surface area contributed by atoms with Crippen LogP contribution in [0.25, 0.3) is 10.9 Å². The van der Waals surface area contributed by atoms with Gasteiger partial charge in [0.15, 0.2) is 9.84 Å². The van der Waals surface area contributed by atoms with Crippen LogP contribution < -0.4 is 0 Å². The van der Waals surface area contributed by atoms with E-state index in [-0.39, 0.29) is 5.75 Å². The quantitative estimate of drug-likeness (QED) is 0.829. The maximum atomic E-state index is 11.3. The number of rotatable bonds is 2. The summed E-state index contributed by atoms with van der Waals surface area (Å²) in [6.07, 6.45) is 3.04. The smallest absolute Gasteiger partial charge is 0.151 e. The summed E-state index contributed by atoms with van der Waals surface area (Å²) >= 11 is 6.10. The molecule has 3 nitrogen and oxygen atoms in total. The van der Waals surface area contributed by atoms with Crippen molar-refractivity contribution in [3.05, 3.63) is 35.0 Å². The summed E-state index contributed by atoms with van der Waals surface area (Å²) in [5.41, 5.74) is 1.71. The van der Waals surface area contributed by atoms with Crippen LogP contribution in [-0.2, 0) is 22.6 Å². The largest absolute Gasteiger partial charge is 0.350 e. The molecule has 0 atom stereocenters. The molecule has 2 aromatic rings. The Morgan fingerprint density at radius 1 is 1.38 bits per heavy atom. The first kappa shape index (κ1) is 11.5. The van der Waals surface area contributed by atoms with Gasteiger partial charge in [-0.15, -0.1) is 0 Å². The lowest BCUT2D eigenvalue weighted by Crippen LogP contribution is -1.99. The minimum Gasteiger partial charge on any atom is -0.350 e. The zero-order chi connectivity index (χ0) is 11.9. The van der Waals surface area contributed by atoms with Gasteiger partial charge in [-0.25, -0.2) is 8.42 Å². The topological polar surface area (TPSA) is 39.1 Å². The molecule has 0 saturated carbocycles. The molecule has 16 heavy (non-hydrogen) atoms. The molecule has 2 rings (SSSR count). The third-order valence-corrected chi connectivity index (χ3v) is 3.61. The average Bonchev–Trinajstić information content (AvgIpc) is 2.42. The van der Waals surface area contributed by atoms with Crippen molar-refractivity contribution in [2.75, 3.05) is 6.26 Å². The molecule has 0 fully saturated rings. The number of hydrogen-bond donors (Lipinski definition) is 0. The standard InChI is InChI=1S/C11H12ClNO2S/c1-13-6-8(7-16(2,14)15)11-9(12)4-3-5-10(11)13/h3-6H,7H2,1-2H3. The maximum Gasteiger partial charge on any atom is 0.151 e. The van der Waals surface area contributed by atoms with E-state index in [1.165, 1.54) is 6.26 Å². The van der Waals surface area contributed by atoms with Gasteiger partial charge in [-0.2, -0.15) is 0 Å². The summed E-state index contributed by atoms with van der Waals surface area (Å²) in [7, 11) is -1.16. The van der Waals surface area contributed by atoms with Crippen LogP contribution in [0.15, 0.2) is 24.4 Å². The Morgan fingerprint density at radius 2 is 2.06 bits per heavy atom. The van der Waals surface area contributed by atoms with Crippen LogP contribution in [0.5, 0.6) is 0 Å². The Hall–Kier alpha value is -1.00. The fourth-order valence-corrected chi connectivity index (χ4v) is 2.96.